The molecule has 3 rings (SSSR count). The highest BCUT2D eigenvalue weighted by Gasteiger charge is 2.25. The number of fused-ring (bicyclic) bond motifs is 1. The van der Waals surface area contributed by atoms with E-state index >= 15 is 0 Å². The molecule has 5 heteroatoms. The molecular weight excluding hydrogens is 274 g/mol. The number of anilines is 1. The Hall–Kier alpha value is -1.81. The van der Waals surface area contributed by atoms with Crippen LogP contribution < -0.4 is 5.32 Å². The minimum atomic E-state index is 0.00859. The predicted octanol–water partition coefficient (Wildman–Crippen LogP) is 3.05. The molecule has 1 aromatic carbocycles. The first-order chi connectivity index (χ1) is 9.63. The third-order valence-corrected chi connectivity index (χ3v) is 4.02. The van der Waals surface area contributed by atoms with Gasteiger partial charge in [0.1, 0.15) is 0 Å². The lowest BCUT2D eigenvalue weighted by molar-refractivity contribution is -0.120. The fourth-order valence-electron chi connectivity index (χ4n) is 2.59. The Labute approximate surface area is 122 Å². The number of hydrogen-bond acceptors (Lipinski definition) is 2. The van der Waals surface area contributed by atoms with Gasteiger partial charge in [-0.1, -0.05) is 11.6 Å². The number of nitrogens with zero attached hydrogens (tertiary/aromatic N) is 2. The van der Waals surface area contributed by atoms with Crippen LogP contribution in [0.4, 0.5) is 5.69 Å². The number of amides is 1. The number of halogens is 1. The van der Waals surface area contributed by atoms with Crippen molar-refractivity contribution in [2.45, 2.75) is 26.3 Å². The molecule has 1 aliphatic heterocycles. The van der Waals surface area contributed by atoms with E-state index in [2.05, 4.69) is 14.9 Å². The molecule has 0 aliphatic carbocycles. The summed E-state index contributed by atoms with van der Waals surface area (Å²) in [7, 11) is 0. The van der Waals surface area contributed by atoms with Crippen LogP contribution in [0.2, 0.25) is 5.02 Å². The van der Waals surface area contributed by atoms with Crippen molar-refractivity contribution in [3.63, 3.8) is 0 Å². The van der Waals surface area contributed by atoms with E-state index in [1.165, 1.54) is 0 Å². The number of carbonyl (C=O) groups is 1. The van der Waals surface area contributed by atoms with Crippen LogP contribution in [0.25, 0.3) is 0 Å². The molecule has 1 N–H and O–H groups in total. The van der Waals surface area contributed by atoms with Gasteiger partial charge in [-0.05, 0) is 37.1 Å². The molecule has 0 radical (unpaired) electrons. The van der Waals surface area contributed by atoms with Crippen LogP contribution >= 0.6 is 11.6 Å². The molecule has 1 unspecified atom stereocenters. The van der Waals surface area contributed by atoms with Crippen LogP contribution in [0.5, 0.6) is 0 Å². The van der Waals surface area contributed by atoms with Crippen molar-refractivity contribution in [3.05, 3.63) is 47.0 Å². The van der Waals surface area contributed by atoms with Crippen molar-refractivity contribution in [2.24, 2.45) is 5.92 Å². The van der Waals surface area contributed by atoms with Crippen molar-refractivity contribution in [1.29, 1.82) is 0 Å². The summed E-state index contributed by atoms with van der Waals surface area (Å²) >= 11 is 5.92. The Balaban J connectivity index is 1.71. The SMILES string of the molecule is Cc1cc(Cl)ccc1NC(=O)C1CCn2cncc2C1. The van der Waals surface area contributed by atoms with Crippen LogP contribution in [-0.2, 0) is 17.8 Å². The Morgan fingerprint density at radius 2 is 2.35 bits per heavy atom. The number of imidazole rings is 1. The van der Waals surface area contributed by atoms with Gasteiger partial charge in [-0.25, -0.2) is 4.98 Å². The van der Waals surface area contributed by atoms with Crippen molar-refractivity contribution in [2.75, 3.05) is 5.32 Å². The highest BCUT2D eigenvalue weighted by molar-refractivity contribution is 6.30. The van der Waals surface area contributed by atoms with Gasteiger partial charge in [-0.2, -0.15) is 0 Å². The summed E-state index contributed by atoms with van der Waals surface area (Å²) in [4.78, 5) is 16.5. The van der Waals surface area contributed by atoms with E-state index < -0.39 is 0 Å². The van der Waals surface area contributed by atoms with E-state index in [0.29, 0.717) is 5.02 Å². The fraction of sp³-hybridized carbons (Fsp3) is 0.333. The van der Waals surface area contributed by atoms with E-state index in [1.54, 1.807) is 6.07 Å². The number of carbonyl (C=O) groups excluding carboxylic acids is 1. The summed E-state index contributed by atoms with van der Waals surface area (Å²) in [6.45, 7) is 2.80. The number of aromatic nitrogens is 2. The molecule has 0 saturated carbocycles. The van der Waals surface area contributed by atoms with Crippen LogP contribution in [0.1, 0.15) is 17.7 Å². The number of aryl methyl sites for hydroxylation is 2. The van der Waals surface area contributed by atoms with Gasteiger partial charge in [0.25, 0.3) is 0 Å². The molecule has 1 aliphatic rings. The molecule has 0 bridgehead atoms. The quantitative estimate of drug-likeness (QED) is 0.924. The molecule has 4 nitrogen and oxygen atoms in total. The summed E-state index contributed by atoms with van der Waals surface area (Å²) in [5.74, 6) is 0.0807. The maximum absolute atomic E-state index is 12.4. The summed E-state index contributed by atoms with van der Waals surface area (Å²) in [5.41, 5.74) is 2.94. The molecule has 0 fully saturated rings. The Morgan fingerprint density at radius 1 is 1.50 bits per heavy atom. The van der Waals surface area contributed by atoms with Gasteiger partial charge in [0, 0.05) is 41.5 Å². The third kappa shape index (κ3) is 2.56. The van der Waals surface area contributed by atoms with E-state index in [1.807, 2.05) is 31.6 Å². The summed E-state index contributed by atoms with van der Waals surface area (Å²) in [5, 5.41) is 3.69. The summed E-state index contributed by atoms with van der Waals surface area (Å²) in [6.07, 6.45) is 5.26. The minimum absolute atomic E-state index is 0.00859. The summed E-state index contributed by atoms with van der Waals surface area (Å²) < 4.78 is 2.11. The second kappa shape index (κ2) is 5.29. The molecule has 20 heavy (non-hydrogen) atoms. The van der Waals surface area contributed by atoms with Gasteiger partial charge in [0.2, 0.25) is 5.91 Å². The lowest BCUT2D eigenvalue weighted by Crippen LogP contribution is -2.30. The maximum Gasteiger partial charge on any atom is 0.227 e. The largest absolute Gasteiger partial charge is 0.335 e. The Kier molecular flexibility index (Phi) is 3.49. The van der Waals surface area contributed by atoms with E-state index in [0.717, 1.165) is 36.3 Å². The average Bonchev–Trinajstić information content (AvgIpc) is 2.89. The van der Waals surface area contributed by atoms with Gasteiger partial charge in [-0.15, -0.1) is 0 Å². The summed E-state index contributed by atoms with van der Waals surface area (Å²) in [6, 6.07) is 5.50. The number of benzene rings is 1. The minimum Gasteiger partial charge on any atom is -0.335 e. The van der Waals surface area contributed by atoms with Crippen LogP contribution in [0, 0.1) is 12.8 Å². The van der Waals surface area contributed by atoms with Crippen LogP contribution in [0.15, 0.2) is 30.7 Å². The Bertz CT molecular complexity index is 650. The van der Waals surface area contributed by atoms with Crippen molar-refractivity contribution in [3.8, 4) is 0 Å². The lowest BCUT2D eigenvalue weighted by atomic mass is 9.95. The van der Waals surface area contributed by atoms with Gasteiger partial charge in [0.05, 0.1) is 6.33 Å². The van der Waals surface area contributed by atoms with E-state index in [4.69, 9.17) is 11.6 Å². The average molecular weight is 290 g/mol. The van der Waals surface area contributed by atoms with Gasteiger partial charge < -0.3 is 9.88 Å². The second-order valence-electron chi connectivity index (χ2n) is 5.22. The zero-order valence-electron chi connectivity index (χ0n) is 11.3. The molecular formula is C15H16ClN3O. The van der Waals surface area contributed by atoms with Gasteiger partial charge in [0.15, 0.2) is 0 Å². The molecule has 1 atom stereocenters. The third-order valence-electron chi connectivity index (χ3n) is 3.79. The topological polar surface area (TPSA) is 46.9 Å². The van der Waals surface area contributed by atoms with Gasteiger partial charge in [-0.3, -0.25) is 4.79 Å². The molecule has 104 valence electrons. The lowest BCUT2D eigenvalue weighted by Gasteiger charge is -2.23. The standard InChI is InChI=1S/C15H16ClN3O/c1-10-6-12(16)2-3-14(10)18-15(20)11-4-5-19-9-17-8-13(19)7-11/h2-3,6,8-9,11H,4-5,7H2,1H3,(H,18,20). The second-order valence-corrected chi connectivity index (χ2v) is 5.65. The van der Waals surface area contributed by atoms with E-state index in [9.17, 15) is 4.79 Å². The van der Waals surface area contributed by atoms with Crippen molar-refractivity contribution < 1.29 is 4.79 Å². The molecule has 2 heterocycles. The molecule has 1 aromatic heterocycles. The van der Waals surface area contributed by atoms with Crippen LogP contribution in [-0.4, -0.2) is 15.5 Å². The van der Waals surface area contributed by atoms with Crippen molar-refractivity contribution in [1.82, 2.24) is 9.55 Å². The molecule has 0 spiro atoms. The zero-order valence-corrected chi connectivity index (χ0v) is 12.0. The number of rotatable bonds is 2. The number of nitrogens with one attached hydrogen (secondary N) is 1. The Morgan fingerprint density at radius 3 is 3.15 bits per heavy atom. The first-order valence-corrected chi connectivity index (χ1v) is 7.07. The van der Waals surface area contributed by atoms with E-state index in [-0.39, 0.29) is 11.8 Å². The smallest absolute Gasteiger partial charge is 0.227 e. The number of hydrogen-bond donors (Lipinski definition) is 1. The first-order valence-electron chi connectivity index (χ1n) is 6.69. The maximum atomic E-state index is 12.4. The molecule has 2 aromatic rings. The van der Waals surface area contributed by atoms with Crippen molar-refractivity contribution >= 4 is 23.2 Å². The zero-order chi connectivity index (χ0) is 14.1. The first kappa shape index (κ1) is 13.2. The molecule has 1 amide bonds. The van der Waals surface area contributed by atoms with Gasteiger partial charge >= 0.3 is 0 Å². The highest BCUT2D eigenvalue weighted by atomic mass is 35.5. The highest BCUT2D eigenvalue weighted by Crippen LogP contribution is 2.24. The monoisotopic (exact) mass is 289 g/mol. The fourth-order valence-corrected chi connectivity index (χ4v) is 2.82. The molecule has 0 saturated heterocycles. The normalized spacial score (nSPS) is 17.6. The predicted molar refractivity (Wildman–Crippen MR) is 78.9 cm³/mol. The van der Waals surface area contributed by atoms with Crippen LogP contribution in [0.3, 0.4) is 0 Å².